The van der Waals surface area contributed by atoms with Gasteiger partial charge < -0.3 is 10.2 Å². The van der Waals surface area contributed by atoms with Gasteiger partial charge in [-0.05, 0) is 32.0 Å². The summed E-state index contributed by atoms with van der Waals surface area (Å²) >= 11 is 0. The van der Waals surface area contributed by atoms with Gasteiger partial charge in [-0.25, -0.2) is 4.39 Å². The highest BCUT2D eigenvalue weighted by Gasteiger charge is 2.37. The van der Waals surface area contributed by atoms with E-state index in [1.807, 2.05) is 11.0 Å². The quantitative estimate of drug-likeness (QED) is 0.816. The highest BCUT2D eigenvalue weighted by atomic mass is 19.1. The molecule has 0 saturated carbocycles. The summed E-state index contributed by atoms with van der Waals surface area (Å²) in [7, 11) is 0. The molecule has 94 valence electrons. The molecule has 0 atom stereocenters. The number of halogens is 1. The molecule has 18 heavy (non-hydrogen) atoms. The average Bonchev–Trinajstić information content (AvgIpc) is 2.31. The standard InChI is InChI=1S/C13H14FN3O/c1-13(2)12(18)16-3-4-17(13)11-6-9(8-15)5-10(14)7-11/h5-7H,3-4H2,1-2H3,(H,16,18). The molecule has 1 aliphatic heterocycles. The molecule has 1 amide bonds. The maximum absolute atomic E-state index is 13.4. The van der Waals surface area contributed by atoms with Gasteiger partial charge in [0.2, 0.25) is 5.91 Å². The van der Waals surface area contributed by atoms with Gasteiger partial charge in [-0.15, -0.1) is 0 Å². The van der Waals surface area contributed by atoms with Gasteiger partial charge >= 0.3 is 0 Å². The first-order chi connectivity index (χ1) is 8.45. The fourth-order valence-electron chi connectivity index (χ4n) is 2.15. The Morgan fingerprint density at radius 3 is 2.83 bits per heavy atom. The van der Waals surface area contributed by atoms with Crippen molar-refractivity contribution in [2.24, 2.45) is 0 Å². The van der Waals surface area contributed by atoms with E-state index in [2.05, 4.69) is 5.32 Å². The monoisotopic (exact) mass is 247 g/mol. The van der Waals surface area contributed by atoms with Crippen LogP contribution in [0.3, 0.4) is 0 Å². The van der Waals surface area contributed by atoms with Gasteiger partial charge in [0, 0.05) is 18.8 Å². The largest absolute Gasteiger partial charge is 0.356 e. The summed E-state index contributed by atoms with van der Waals surface area (Å²) in [6, 6.07) is 6.05. The van der Waals surface area contributed by atoms with E-state index in [9.17, 15) is 9.18 Å². The Kier molecular flexibility index (Phi) is 2.95. The lowest BCUT2D eigenvalue weighted by Crippen LogP contribution is -2.62. The second kappa shape index (κ2) is 4.30. The van der Waals surface area contributed by atoms with E-state index in [4.69, 9.17) is 5.26 Å². The fourth-order valence-corrected chi connectivity index (χ4v) is 2.15. The number of nitrogens with zero attached hydrogens (tertiary/aromatic N) is 2. The topological polar surface area (TPSA) is 56.1 Å². The van der Waals surface area contributed by atoms with Crippen LogP contribution in [0.25, 0.3) is 0 Å². The number of benzene rings is 1. The highest BCUT2D eigenvalue weighted by molar-refractivity contribution is 5.90. The predicted octanol–water partition coefficient (Wildman–Crippen LogP) is 1.41. The Balaban J connectivity index is 2.45. The van der Waals surface area contributed by atoms with Crippen LogP contribution in [0, 0.1) is 17.1 Å². The first-order valence-electron chi connectivity index (χ1n) is 5.72. The lowest BCUT2D eigenvalue weighted by Gasteiger charge is -2.42. The molecular weight excluding hydrogens is 233 g/mol. The molecule has 2 rings (SSSR count). The van der Waals surface area contributed by atoms with Crippen LogP contribution in [0.2, 0.25) is 0 Å². The predicted molar refractivity (Wildman–Crippen MR) is 65.5 cm³/mol. The van der Waals surface area contributed by atoms with Crippen LogP contribution in [0.5, 0.6) is 0 Å². The van der Waals surface area contributed by atoms with Crippen molar-refractivity contribution in [1.29, 1.82) is 5.26 Å². The van der Waals surface area contributed by atoms with Gasteiger partial charge in [0.15, 0.2) is 0 Å². The molecule has 1 N–H and O–H groups in total. The Morgan fingerprint density at radius 1 is 1.44 bits per heavy atom. The SMILES string of the molecule is CC1(C)C(=O)NCCN1c1cc(F)cc(C#N)c1. The number of hydrogen-bond acceptors (Lipinski definition) is 3. The number of nitriles is 1. The van der Waals surface area contributed by atoms with Crippen LogP contribution in [0.1, 0.15) is 19.4 Å². The molecule has 1 aromatic carbocycles. The van der Waals surface area contributed by atoms with E-state index >= 15 is 0 Å². The molecule has 1 aromatic rings. The summed E-state index contributed by atoms with van der Waals surface area (Å²) in [5.41, 5.74) is 0.0665. The first kappa shape index (κ1) is 12.4. The second-order valence-electron chi connectivity index (χ2n) is 4.78. The summed E-state index contributed by atoms with van der Waals surface area (Å²) in [4.78, 5) is 13.6. The third-order valence-electron chi connectivity index (χ3n) is 3.17. The van der Waals surface area contributed by atoms with Crippen molar-refractivity contribution in [2.75, 3.05) is 18.0 Å². The van der Waals surface area contributed by atoms with Crippen LogP contribution >= 0.6 is 0 Å². The van der Waals surface area contributed by atoms with Crippen molar-refractivity contribution < 1.29 is 9.18 Å². The van der Waals surface area contributed by atoms with Crippen LogP contribution in [0.4, 0.5) is 10.1 Å². The van der Waals surface area contributed by atoms with E-state index in [0.717, 1.165) is 0 Å². The van der Waals surface area contributed by atoms with Crippen molar-refractivity contribution in [1.82, 2.24) is 5.32 Å². The molecule has 1 fully saturated rings. The molecule has 0 unspecified atom stereocenters. The number of hydrogen-bond donors (Lipinski definition) is 1. The zero-order valence-corrected chi connectivity index (χ0v) is 10.3. The summed E-state index contributed by atoms with van der Waals surface area (Å²) in [6.45, 7) is 4.66. The van der Waals surface area contributed by atoms with E-state index in [1.54, 1.807) is 19.9 Å². The van der Waals surface area contributed by atoms with E-state index in [-0.39, 0.29) is 11.5 Å². The maximum atomic E-state index is 13.4. The van der Waals surface area contributed by atoms with Gasteiger partial charge in [0.25, 0.3) is 0 Å². The summed E-state index contributed by atoms with van der Waals surface area (Å²) in [5.74, 6) is -0.567. The van der Waals surface area contributed by atoms with Crippen LogP contribution in [-0.4, -0.2) is 24.5 Å². The molecule has 0 aliphatic carbocycles. The number of piperazine rings is 1. The van der Waals surface area contributed by atoms with E-state index in [1.165, 1.54) is 12.1 Å². The van der Waals surface area contributed by atoms with Crippen molar-refractivity contribution in [3.63, 3.8) is 0 Å². The van der Waals surface area contributed by atoms with Gasteiger partial charge in [0.05, 0.1) is 11.6 Å². The van der Waals surface area contributed by atoms with Crippen molar-refractivity contribution in [3.05, 3.63) is 29.6 Å². The molecule has 0 bridgehead atoms. The normalized spacial score (nSPS) is 18.1. The minimum absolute atomic E-state index is 0.100. The van der Waals surface area contributed by atoms with Crippen LogP contribution < -0.4 is 10.2 Å². The molecule has 0 radical (unpaired) electrons. The lowest BCUT2D eigenvalue weighted by molar-refractivity contribution is -0.126. The smallest absolute Gasteiger partial charge is 0.245 e. The fraction of sp³-hybridized carbons (Fsp3) is 0.385. The van der Waals surface area contributed by atoms with E-state index < -0.39 is 11.4 Å². The Bertz CT molecular complexity index is 534. The summed E-state index contributed by atoms with van der Waals surface area (Å²) in [6.07, 6.45) is 0. The third-order valence-corrected chi connectivity index (χ3v) is 3.17. The minimum Gasteiger partial charge on any atom is -0.356 e. The number of carbonyl (C=O) groups excluding carboxylic acids is 1. The molecular formula is C13H14FN3O. The van der Waals surface area contributed by atoms with Gasteiger partial charge in [-0.2, -0.15) is 5.26 Å². The minimum atomic E-state index is -0.751. The van der Waals surface area contributed by atoms with Gasteiger partial charge in [-0.3, -0.25) is 4.79 Å². The molecule has 0 spiro atoms. The number of anilines is 1. The van der Waals surface area contributed by atoms with Gasteiger partial charge in [0.1, 0.15) is 11.4 Å². The highest BCUT2D eigenvalue weighted by Crippen LogP contribution is 2.27. The Hall–Kier alpha value is -2.09. The molecule has 5 heteroatoms. The van der Waals surface area contributed by atoms with E-state index in [0.29, 0.717) is 18.8 Å². The Labute approximate surface area is 105 Å². The number of carbonyl (C=O) groups is 1. The van der Waals surface area contributed by atoms with Crippen molar-refractivity contribution in [2.45, 2.75) is 19.4 Å². The molecule has 1 heterocycles. The number of rotatable bonds is 1. The van der Waals surface area contributed by atoms with Gasteiger partial charge in [-0.1, -0.05) is 0 Å². The zero-order chi connectivity index (χ0) is 13.3. The summed E-state index contributed by atoms with van der Waals surface area (Å²) < 4.78 is 13.4. The van der Waals surface area contributed by atoms with Crippen LogP contribution in [-0.2, 0) is 4.79 Å². The molecule has 1 saturated heterocycles. The Morgan fingerprint density at radius 2 is 2.17 bits per heavy atom. The average molecular weight is 247 g/mol. The molecule has 4 nitrogen and oxygen atoms in total. The zero-order valence-electron chi connectivity index (χ0n) is 10.3. The molecule has 0 aromatic heterocycles. The second-order valence-corrected chi connectivity index (χ2v) is 4.78. The van der Waals surface area contributed by atoms with Crippen molar-refractivity contribution >= 4 is 11.6 Å². The van der Waals surface area contributed by atoms with Crippen molar-refractivity contribution in [3.8, 4) is 6.07 Å². The number of amides is 1. The lowest BCUT2D eigenvalue weighted by atomic mass is 9.97. The molecule has 1 aliphatic rings. The number of nitrogens with one attached hydrogen (secondary N) is 1. The first-order valence-corrected chi connectivity index (χ1v) is 5.72. The third kappa shape index (κ3) is 2.02. The summed E-state index contributed by atoms with van der Waals surface area (Å²) in [5, 5.41) is 11.6. The van der Waals surface area contributed by atoms with Crippen LogP contribution in [0.15, 0.2) is 18.2 Å². The maximum Gasteiger partial charge on any atom is 0.245 e.